The van der Waals surface area contributed by atoms with Gasteiger partial charge in [0.15, 0.2) is 5.82 Å². The van der Waals surface area contributed by atoms with Crippen molar-refractivity contribution < 1.29 is 9.13 Å². The molecule has 5 heteroatoms. The predicted molar refractivity (Wildman–Crippen MR) is 67.6 cm³/mol. The van der Waals surface area contributed by atoms with E-state index in [1.165, 1.54) is 0 Å². The van der Waals surface area contributed by atoms with E-state index in [1.54, 1.807) is 18.2 Å². The minimum Gasteiger partial charge on any atom is -0.490 e. The third kappa shape index (κ3) is 2.56. The molecule has 2 N–H and O–H groups in total. The van der Waals surface area contributed by atoms with Gasteiger partial charge in [-0.25, -0.2) is 14.4 Å². The lowest BCUT2D eigenvalue weighted by Gasteiger charge is -2.14. The van der Waals surface area contributed by atoms with E-state index < -0.39 is 5.82 Å². The highest BCUT2D eigenvalue weighted by molar-refractivity contribution is 5.68. The number of nitrogens with zero attached hydrogens (tertiary/aromatic N) is 2. The molecular formula is C13H14FN3O. The van der Waals surface area contributed by atoms with Gasteiger partial charge in [-0.05, 0) is 26.0 Å². The number of nitrogens with two attached hydrogens (primary N) is 1. The van der Waals surface area contributed by atoms with Crippen LogP contribution in [0.25, 0.3) is 11.3 Å². The fourth-order valence-electron chi connectivity index (χ4n) is 1.59. The smallest absolute Gasteiger partial charge is 0.220 e. The second kappa shape index (κ2) is 5.00. The van der Waals surface area contributed by atoms with Crippen molar-refractivity contribution in [2.75, 3.05) is 5.73 Å². The number of benzene rings is 1. The number of nitrogen functional groups attached to an aromatic ring is 1. The molecule has 4 nitrogen and oxygen atoms in total. The van der Waals surface area contributed by atoms with Crippen LogP contribution in [0.1, 0.15) is 13.8 Å². The number of rotatable bonds is 3. The van der Waals surface area contributed by atoms with Crippen LogP contribution in [-0.2, 0) is 0 Å². The van der Waals surface area contributed by atoms with E-state index in [1.807, 2.05) is 19.9 Å². The Morgan fingerprint density at radius 3 is 2.72 bits per heavy atom. The summed E-state index contributed by atoms with van der Waals surface area (Å²) in [4.78, 5) is 7.53. The minimum atomic E-state index is -0.524. The Morgan fingerprint density at radius 2 is 2.00 bits per heavy atom. The fraction of sp³-hybridized carbons (Fsp3) is 0.231. The molecule has 0 unspecified atom stereocenters. The Hall–Kier alpha value is -2.17. The zero-order chi connectivity index (χ0) is 13.1. The van der Waals surface area contributed by atoms with Crippen molar-refractivity contribution >= 4 is 5.95 Å². The minimum absolute atomic E-state index is 0.00612. The lowest BCUT2D eigenvalue weighted by molar-refractivity contribution is 0.243. The molecule has 0 saturated carbocycles. The van der Waals surface area contributed by atoms with E-state index in [0.717, 1.165) is 6.20 Å². The summed E-state index contributed by atoms with van der Waals surface area (Å²) in [5, 5.41) is 0. The first kappa shape index (κ1) is 12.3. The summed E-state index contributed by atoms with van der Waals surface area (Å²) in [5.74, 6) is 0.0826. The van der Waals surface area contributed by atoms with Gasteiger partial charge in [0.25, 0.3) is 0 Å². The Morgan fingerprint density at radius 1 is 1.28 bits per heavy atom. The van der Waals surface area contributed by atoms with E-state index in [4.69, 9.17) is 10.5 Å². The maximum Gasteiger partial charge on any atom is 0.220 e. The summed E-state index contributed by atoms with van der Waals surface area (Å²) >= 11 is 0. The summed E-state index contributed by atoms with van der Waals surface area (Å²) in [5.41, 5.74) is 6.21. The third-order valence-electron chi connectivity index (χ3n) is 2.27. The van der Waals surface area contributed by atoms with Gasteiger partial charge < -0.3 is 10.5 Å². The normalized spacial score (nSPS) is 10.7. The zero-order valence-electron chi connectivity index (χ0n) is 10.2. The van der Waals surface area contributed by atoms with Crippen LogP contribution in [0.2, 0.25) is 0 Å². The van der Waals surface area contributed by atoms with Gasteiger partial charge in [-0.2, -0.15) is 0 Å². The Labute approximate surface area is 105 Å². The largest absolute Gasteiger partial charge is 0.490 e. The van der Waals surface area contributed by atoms with Gasteiger partial charge in [-0.3, -0.25) is 0 Å². The highest BCUT2D eigenvalue weighted by Crippen LogP contribution is 2.30. The molecule has 0 bridgehead atoms. The van der Waals surface area contributed by atoms with Crippen LogP contribution in [0, 0.1) is 5.82 Å². The third-order valence-corrected chi connectivity index (χ3v) is 2.27. The molecule has 0 aliphatic carbocycles. The predicted octanol–water partition coefficient (Wildman–Crippen LogP) is 2.65. The number of hydrogen-bond donors (Lipinski definition) is 1. The van der Waals surface area contributed by atoms with E-state index in [9.17, 15) is 4.39 Å². The first-order valence-electron chi connectivity index (χ1n) is 5.62. The molecule has 18 heavy (non-hydrogen) atoms. The molecule has 0 aliphatic heterocycles. The monoisotopic (exact) mass is 247 g/mol. The number of ether oxygens (including phenoxy) is 1. The summed E-state index contributed by atoms with van der Waals surface area (Å²) in [7, 11) is 0. The van der Waals surface area contributed by atoms with Crippen molar-refractivity contribution in [2.24, 2.45) is 0 Å². The van der Waals surface area contributed by atoms with E-state index in [2.05, 4.69) is 9.97 Å². The summed E-state index contributed by atoms with van der Waals surface area (Å²) in [6.07, 6.45) is 1.05. The number of aromatic nitrogens is 2. The molecule has 0 atom stereocenters. The van der Waals surface area contributed by atoms with Gasteiger partial charge in [0.1, 0.15) is 11.4 Å². The number of para-hydroxylation sites is 1. The van der Waals surface area contributed by atoms with E-state index >= 15 is 0 Å². The fourth-order valence-corrected chi connectivity index (χ4v) is 1.59. The Bertz CT molecular complexity index is 558. The topological polar surface area (TPSA) is 61.0 Å². The van der Waals surface area contributed by atoms with Gasteiger partial charge in [-0.1, -0.05) is 12.1 Å². The molecule has 2 rings (SSSR count). The van der Waals surface area contributed by atoms with Gasteiger partial charge >= 0.3 is 0 Å². The van der Waals surface area contributed by atoms with Crippen molar-refractivity contribution in [3.05, 3.63) is 36.3 Å². The molecule has 1 aromatic carbocycles. The van der Waals surface area contributed by atoms with Gasteiger partial charge in [0.2, 0.25) is 5.95 Å². The SMILES string of the molecule is CC(C)Oc1ccccc1-c1nc(N)ncc1F. The second-order valence-corrected chi connectivity index (χ2v) is 4.09. The molecule has 1 aromatic heterocycles. The average Bonchev–Trinajstić information content (AvgIpc) is 2.32. The first-order valence-corrected chi connectivity index (χ1v) is 5.62. The van der Waals surface area contributed by atoms with Crippen LogP contribution in [0.5, 0.6) is 5.75 Å². The van der Waals surface area contributed by atoms with Crippen molar-refractivity contribution in [2.45, 2.75) is 20.0 Å². The number of halogens is 1. The van der Waals surface area contributed by atoms with Crippen molar-refractivity contribution in [1.29, 1.82) is 0 Å². The van der Waals surface area contributed by atoms with E-state index in [-0.39, 0.29) is 17.7 Å². The van der Waals surface area contributed by atoms with Crippen LogP contribution in [0.3, 0.4) is 0 Å². The van der Waals surface area contributed by atoms with E-state index in [0.29, 0.717) is 11.3 Å². The Kier molecular flexibility index (Phi) is 3.41. The summed E-state index contributed by atoms with van der Waals surface area (Å²) in [6.45, 7) is 3.81. The van der Waals surface area contributed by atoms with Crippen LogP contribution in [0.15, 0.2) is 30.5 Å². The van der Waals surface area contributed by atoms with Gasteiger partial charge in [0.05, 0.1) is 12.3 Å². The molecule has 0 amide bonds. The lowest BCUT2D eigenvalue weighted by atomic mass is 10.1. The molecule has 0 fully saturated rings. The molecule has 1 heterocycles. The molecule has 94 valence electrons. The molecule has 0 aliphatic rings. The van der Waals surface area contributed by atoms with Crippen LogP contribution >= 0.6 is 0 Å². The highest BCUT2D eigenvalue weighted by Gasteiger charge is 2.13. The quantitative estimate of drug-likeness (QED) is 0.905. The van der Waals surface area contributed by atoms with Gasteiger partial charge in [0, 0.05) is 5.56 Å². The molecule has 0 saturated heterocycles. The van der Waals surface area contributed by atoms with Crippen LogP contribution < -0.4 is 10.5 Å². The van der Waals surface area contributed by atoms with Gasteiger partial charge in [-0.15, -0.1) is 0 Å². The number of hydrogen-bond acceptors (Lipinski definition) is 4. The molecule has 0 radical (unpaired) electrons. The van der Waals surface area contributed by atoms with Crippen LogP contribution in [0.4, 0.5) is 10.3 Å². The van der Waals surface area contributed by atoms with Crippen molar-refractivity contribution in [3.63, 3.8) is 0 Å². The molecule has 2 aromatic rings. The molecular weight excluding hydrogens is 233 g/mol. The molecule has 0 spiro atoms. The zero-order valence-corrected chi connectivity index (χ0v) is 10.2. The summed E-state index contributed by atoms with van der Waals surface area (Å²) in [6, 6.07) is 7.12. The maximum atomic E-state index is 13.7. The summed E-state index contributed by atoms with van der Waals surface area (Å²) < 4.78 is 19.4. The maximum absolute atomic E-state index is 13.7. The number of anilines is 1. The standard InChI is InChI=1S/C13H14FN3O/c1-8(2)18-11-6-4-3-5-9(11)12-10(14)7-16-13(15)17-12/h3-8H,1-2H3,(H2,15,16,17). The Balaban J connectivity index is 2.53. The first-order chi connectivity index (χ1) is 8.58. The highest BCUT2D eigenvalue weighted by atomic mass is 19.1. The van der Waals surface area contributed by atoms with Crippen LogP contribution in [-0.4, -0.2) is 16.1 Å². The second-order valence-electron chi connectivity index (χ2n) is 4.09. The van der Waals surface area contributed by atoms with Crippen molar-refractivity contribution in [3.8, 4) is 17.0 Å². The lowest BCUT2D eigenvalue weighted by Crippen LogP contribution is -2.07. The average molecular weight is 247 g/mol. The van der Waals surface area contributed by atoms with Crippen molar-refractivity contribution in [1.82, 2.24) is 9.97 Å².